The van der Waals surface area contributed by atoms with Crippen molar-refractivity contribution in [3.05, 3.63) is 59.7 Å². The summed E-state index contributed by atoms with van der Waals surface area (Å²) in [6, 6.07) is 16.2. The number of benzene rings is 2. The standard InChI is InChI=1S/C24H33N3O3/c1-19(24(28)25-13-12-20-8-10-22(29-3)11-9-20)26(2)18-21-6-4-5-7-23(21)27-14-16-30-17-15-27/h4-11,19H,12-18H2,1-3H3,(H,25,28). The first kappa shape index (κ1) is 22.1. The number of nitrogens with zero attached hydrogens (tertiary/aromatic N) is 2. The second-order valence-corrected chi connectivity index (χ2v) is 7.71. The summed E-state index contributed by atoms with van der Waals surface area (Å²) in [5.41, 5.74) is 3.65. The maximum absolute atomic E-state index is 12.7. The number of nitrogens with one attached hydrogen (secondary N) is 1. The molecule has 1 saturated heterocycles. The van der Waals surface area contributed by atoms with E-state index in [-0.39, 0.29) is 11.9 Å². The van der Waals surface area contributed by atoms with E-state index in [9.17, 15) is 4.79 Å². The Kier molecular flexibility index (Phi) is 8.11. The molecule has 30 heavy (non-hydrogen) atoms. The third kappa shape index (κ3) is 5.97. The van der Waals surface area contributed by atoms with Crippen LogP contribution in [0.25, 0.3) is 0 Å². The summed E-state index contributed by atoms with van der Waals surface area (Å²) in [5.74, 6) is 0.894. The van der Waals surface area contributed by atoms with Crippen LogP contribution < -0.4 is 15.0 Å². The van der Waals surface area contributed by atoms with Crippen LogP contribution in [0.3, 0.4) is 0 Å². The monoisotopic (exact) mass is 411 g/mol. The van der Waals surface area contributed by atoms with E-state index in [1.807, 2.05) is 38.2 Å². The van der Waals surface area contributed by atoms with Crippen LogP contribution in [-0.4, -0.2) is 63.9 Å². The highest BCUT2D eigenvalue weighted by Gasteiger charge is 2.20. The number of methoxy groups -OCH3 is 1. The van der Waals surface area contributed by atoms with Gasteiger partial charge in [0.15, 0.2) is 0 Å². The number of hydrogen-bond acceptors (Lipinski definition) is 5. The summed E-state index contributed by atoms with van der Waals surface area (Å²) in [4.78, 5) is 17.1. The van der Waals surface area contributed by atoms with Crippen molar-refractivity contribution in [1.29, 1.82) is 0 Å². The molecule has 3 rings (SSSR count). The van der Waals surface area contributed by atoms with Crippen molar-refractivity contribution < 1.29 is 14.3 Å². The summed E-state index contributed by atoms with van der Waals surface area (Å²) in [5, 5.41) is 3.07. The minimum absolute atomic E-state index is 0.0508. The number of amides is 1. The maximum atomic E-state index is 12.7. The molecule has 0 radical (unpaired) electrons. The van der Waals surface area contributed by atoms with Crippen molar-refractivity contribution in [3.8, 4) is 5.75 Å². The molecule has 0 saturated carbocycles. The predicted octanol–water partition coefficient (Wildman–Crippen LogP) is 2.71. The number of morpholine rings is 1. The van der Waals surface area contributed by atoms with Gasteiger partial charge >= 0.3 is 0 Å². The Morgan fingerprint density at radius 3 is 2.57 bits per heavy atom. The quantitative estimate of drug-likeness (QED) is 0.688. The first-order valence-electron chi connectivity index (χ1n) is 10.6. The zero-order chi connectivity index (χ0) is 21.3. The van der Waals surface area contributed by atoms with E-state index in [1.54, 1.807) is 7.11 Å². The average Bonchev–Trinajstić information content (AvgIpc) is 2.80. The summed E-state index contributed by atoms with van der Waals surface area (Å²) in [6.07, 6.45) is 0.798. The molecular weight excluding hydrogens is 378 g/mol. The highest BCUT2D eigenvalue weighted by molar-refractivity contribution is 5.81. The fraction of sp³-hybridized carbons (Fsp3) is 0.458. The van der Waals surface area contributed by atoms with E-state index in [0.717, 1.165) is 45.0 Å². The van der Waals surface area contributed by atoms with Gasteiger partial charge in [-0.15, -0.1) is 0 Å². The molecule has 1 aliphatic rings. The van der Waals surface area contributed by atoms with Gasteiger partial charge < -0.3 is 19.7 Å². The number of rotatable bonds is 9. The molecule has 1 amide bonds. The molecular formula is C24H33N3O3. The van der Waals surface area contributed by atoms with Crippen LogP contribution in [0.2, 0.25) is 0 Å². The molecule has 0 bridgehead atoms. The van der Waals surface area contributed by atoms with Crippen molar-refractivity contribution in [3.63, 3.8) is 0 Å². The van der Waals surface area contributed by atoms with Gasteiger partial charge in [0, 0.05) is 31.9 Å². The largest absolute Gasteiger partial charge is 0.497 e. The van der Waals surface area contributed by atoms with E-state index in [2.05, 4.69) is 39.4 Å². The second kappa shape index (κ2) is 11.0. The molecule has 6 nitrogen and oxygen atoms in total. The Hall–Kier alpha value is -2.57. The lowest BCUT2D eigenvalue weighted by molar-refractivity contribution is -0.125. The van der Waals surface area contributed by atoms with Crippen LogP contribution >= 0.6 is 0 Å². The van der Waals surface area contributed by atoms with Gasteiger partial charge in [-0.1, -0.05) is 30.3 Å². The average molecular weight is 412 g/mol. The van der Waals surface area contributed by atoms with Crippen molar-refractivity contribution in [2.75, 3.05) is 51.9 Å². The van der Waals surface area contributed by atoms with Gasteiger partial charge in [0.05, 0.1) is 26.4 Å². The lowest BCUT2D eigenvalue weighted by Gasteiger charge is -2.32. The van der Waals surface area contributed by atoms with Crippen LogP contribution in [0.4, 0.5) is 5.69 Å². The van der Waals surface area contributed by atoms with Crippen LogP contribution in [0.15, 0.2) is 48.5 Å². The molecule has 0 aromatic heterocycles. The van der Waals surface area contributed by atoms with Gasteiger partial charge in [-0.05, 0) is 49.7 Å². The van der Waals surface area contributed by atoms with Gasteiger partial charge in [-0.25, -0.2) is 0 Å². The third-order valence-electron chi connectivity index (χ3n) is 5.68. The molecule has 1 aliphatic heterocycles. The molecule has 6 heteroatoms. The van der Waals surface area contributed by atoms with Gasteiger partial charge in [0.25, 0.3) is 0 Å². The van der Waals surface area contributed by atoms with Gasteiger partial charge in [-0.2, -0.15) is 0 Å². The van der Waals surface area contributed by atoms with Crippen LogP contribution in [0, 0.1) is 0 Å². The first-order chi connectivity index (χ1) is 14.6. The third-order valence-corrected chi connectivity index (χ3v) is 5.68. The van der Waals surface area contributed by atoms with E-state index in [0.29, 0.717) is 6.54 Å². The molecule has 162 valence electrons. The summed E-state index contributed by atoms with van der Waals surface area (Å²) in [7, 11) is 3.66. The van der Waals surface area contributed by atoms with E-state index in [4.69, 9.17) is 9.47 Å². The van der Waals surface area contributed by atoms with Crippen molar-refractivity contribution in [2.24, 2.45) is 0 Å². The molecule has 0 aliphatic carbocycles. The second-order valence-electron chi connectivity index (χ2n) is 7.71. The van der Waals surface area contributed by atoms with Crippen molar-refractivity contribution in [2.45, 2.75) is 25.9 Å². The van der Waals surface area contributed by atoms with Crippen molar-refractivity contribution in [1.82, 2.24) is 10.2 Å². The molecule has 2 aromatic rings. The van der Waals surface area contributed by atoms with E-state index < -0.39 is 0 Å². The Balaban J connectivity index is 1.51. The Bertz CT molecular complexity index is 804. The van der Waals surface area contributed by atoms with Crippen LogP contribution in [0.1, 0.15) is 18.1 Å². The fourth-order valence-electron chi connectivity index (χ4n) is 3.63. The fourth-order valence-corrected chi connectivity index (χ4v) is 3.63. The van der Waals surface area contributed by atoms with Crippen LogP contribution in [0.5, 0.6) is 5.75 Å². The SMILES string of the molecule is COc1ccc(CCNC(=O)C(C)N(C)Cc2ccccc2N2CCOCC2)cc1. The lowest BCUT2D eigenvalue weighted by atomic mass is 10.1. The summed E-state index contributed by atoms with van der Waals surface area (Å²) >= 11 is 0. The van der Waals surface area contributed by atoms with E-state index >= 15 is 0 Å². The summed E-state index contributed by atoms with van der Waals surface area (Å²) in [6.45, 7) is 6.63. The minimum Gasteiger partial charge on any atom is -0.497 e. The highest BCUT2D eigenvalue weighted by atomic mass is 16.5. The summed E-state index contributed by atoms with van der Waals surface area (Å²) < 4.78 is 10.7. The smallest absolute Gasteiger partial charge is 0.237 e. The number of hydrogen-bond donors (Lipinski definition) is 1. The number of para-hydroxylation sites is 1. The zero-order valence-electron chi connectivity index (χ0n) is 18.3. The topological polar surface area (TPSA) is 54.0 Å². The molecule has 1 unspecified atom stereocenters. The number of ether oxygens (including phenoxy) is 2. The molecule has 2 aromatic carbocycles. The molecule has 0 spiro atoms. The first-order valence-corrected chi connectivity index (χ1v) is 10.6. The highest BCUT2D eigenvalue weighted by Crippen LogP contribution is 2.23. The minimum atomic E-state index is -0.210. The van der Waals surface area contributed by atoms with Gasteiger partial charge in [0.2, 0.25) is 5.91 Å². The number of anilines is 1. The van der Waals surface area contributed by atoms with Crippen LogP contribution in [-0.2, 0) is 22.5 Å². The van der Waals surface area contributed by atoms with E-state index in [1.165, 1.54) is 16.8 Å². The maximum Gasteiger partial charge on any atom is 0.237 e. The normalized spacial score (nSPS) is 15.1. The van der Waals surface area contributed by atoms with Gasteiger partial charge in [-0.3, -0.25) is 9.69 Å². The molecule has 1 heterocycles. The number of likely N-dealkylation sites (N-methyl/N-ethyl adjacent to an activating group) is 1. The molecule has 1 fully saturated rings. The lowest BCUT2D eigenvalue weighted by Crippen LogP contribution is -2.44. The van der Waals surface area contributed by atoms with Crippen molar-refractivity contribution >= 4 is 11.6 Å². The zero-order valence-corrected chi connectivity index (χ0v) is 18.3. The van der Waals surface area contributed by atoms with Gasteiger partial charge in [0.1, 0.15) is 5.75 Å². The Morgan fingerprint density at radius 1 is 1.17 bits per heavy atom. The molecule has 1 atom stereocenters. The predicted molar refractivity (Wildman–Crippen MR) is 120 cm³/mol. The number of carbonyl (C=O) groups is 1. The number of carbonyl (C=O) groups excluding carboxylic acids is 1. The Labute approximate surface area is 179 Å². The molecule has 1 N–H and O–H groups in total. The Morgan fingerprint density at radius 2 is 1.87 bits per heavy atom.